The summed E-state index contributed by atoms with van der Waals surface area (Å²) in [5.74, 6) is -0.761. The highest BCUT2D eigenvalue weighted by Crippen LogP contribution is 2.09. The van der Waals surface area contributed by atoms with E-state index in [0.717, 1.165) is 13.0 Å². The van der Waals surface area contributed by atoms with Crippen molar-refractivity contribution < 1.29 is 14.7 Å². The van der Waals surface area contributed by atoms with Gasteiger partial charge in [-0.2, -0.15) is 0 Å². The maximum atomic E-state index is 11.2. The lowest BCUT2D eigenvalue weighted by Gasteiger charge is -2.35. The largest absolute Gasteiger partial charge is 0.481 e. The van der Waals surface area contributed by atoms with Crippen molar-refractivity contribution in [2.45, 2.75) is 19.3 Å². The zero-order chi connectivity index (χ0) is 9.84. The summed E-state index contributed by atoms with van der Waals surface area (Å²) in [5, 5.41) is 11.8. The number of hydrogen-bond donors (Lipinski definition) is 1. The van der Waals surface area contributed by atoms with Gasteiger partial charge in [-0.1, -0.05) is 0 Å². The molecule has 5 nitrogen and oxygen atoms in total. The Bertz CT molecular complexity index is 217. The second-order valence-electron chi connectivity index (χ2n) is 3.12. The third-order valence-electron chi connectivity index (χ3n) is 2.18. The Morgan fingerprint density at radius 1 is 1.62 bits per heavy atom. The molecular formula is C8H14N2O3. The quantitative estimate of drug-likeness (QED) is 0.670. The van der Waals surface area contributed by atoms with E-state index in [2.05, 4.69) is 0 Å². The number of carbonyl (C=O) groups excluding carboxylic acids is 1. The molecule has 1 heterocycles. The molecule has 1 aliphatic heterocycles. The summed E-state index contributed by atoms with van der Waals surface area (Å²) in [7, 11) is 1.68. The van der Waals surface area contributed by atoms with Gasteiger partial charge in [-0.3, -0.25) is 14.6 Å². The molecule has 0 spiro atoms. The van der Waals surface area contributed by atoms with Crippen LogP contribution in [-0.4, -0.2) is 47.1 Å². The second kappa shape index (κ2) is 4.23. The summed E-state index contributed by atoms with van der Waals surface area (Å²) in [6, 6.07) is 0. The summed E-state index contributed by atoms with van der Waals surface area (Å²) >= 11 is 0. The molecule has 1 rings (SSSR count). The van der Waals surface area contributed by atoms with Crippen LogP contribution in [0.4, 0.5) is 0 Å². The average Bonchev–Trinajstić information content (AvgIpc) is 2.07. The van der Waals surface area contributed by atoms with Crippen LogP contribution in [0.15, 0.2) is 0 Å². The molecule has 0 aliphatic carbocycles. The number of hydrogen-bond acceptors (Lipinski definition) is 3. The first-order chi connectivity index (χ1) is 6.11. The Hall–Kier alpha value is -1.10. The summed E-state index contributed by atoms with van der Waals surface area (Å²) in [5.41, 5.74) is 0. The molecule has 74 valence electrons. The molecule has 0 atom stereocenters. The number of nitrogens with zero attached hydrogens (tertiary/aromatic N) is 2. The van der Waals surface area contributed by atoms with E-state index >= 15 is 0 Å². The Labute approximate surface area is 76.9 Å². The van der Waals surface area contributed by atoms with Crippen LogP contribution in [0.2, 0.25) is 0 Å². The number of carbonyl (C=O) groups is 2. The summed E-state index contributed by atoms with van der Waals surface area (Å²) < 4.78 is 0. The molecule has 0 aromatic carbocycles. The van der Waals surface area contributed by atoms with E-state index in [9.17, 15) is 9.59 Å². The maximum Gasteiger partial charge on any atom is 0.304 e. The molecule has 1 saturated heterocycles. The molecule has 1 fully saturated rings. The molecule has 0 aromatic rings. The Morgan fingerprint density at radius 3 is 2.92 bits per heavy atom. The van der Waals surface area contributed by atoms with Crippen molar-refractivity contribution >= 4 is 11.9 Å². The third-order valence-corrected chi connectivity index (χ3v) is 2.18. The molecule has 0 bridgehead atoms. The number of rotatable bonds is 3. The zero-order valence-corrected chi connectivity index (χ0v) is 7.69. The standard InChI is InChI=1S/C8H14N2O3/c1-9-7(11)3-2-5-10(9)6-4-8(12)13/h2-6H2,1H3,(H,12,13). The highest BCUT2D eigenvalue weighted by molar-refractivity contribution is 5.76. The van der Waals surface area contributed by atoms with Gasteiger partial charge in [-0.05, 0) is 6.42 Å². The number of amides is 1. The smallest absolute Gasteiger partial charge is 0.304 e. The lowest BCUT2D eigenvalue weighted by Crippen LogP contribution is -2.48. The van der Waals surface area contributed by atoms with Gasteiger partial charge in [0, 0.05) is 26.6 Å². The van der Waals surface area contributed by atoms with Crippen molar-refractivity contribution in [3.63, 3.8) is 0 Å². The van der Waals surface area contributed by atoms with Gasteiger partial charge in [-0.25, -0.2) is 5.01 Å². The van der Waals surface area contributed by atoms with Crippen LogP contribution in [0.25, 0.3) is 0 Å². The van der Waals surface area contributed by atoms with Crippen LogP contribution >= 0.6 is 0 Å². The highest BCUT2D eigenvalue weighted by Gasteiger charge is 2.22. The number of carboxylic acids is 1. The van der Waals surface area contributed by atoms with Crippen LogP contribution in [0.3, 0.4) is 0 Å². The van der Waals surface area contributed by atoms with Gasteiger partial charge in [-0.15, -0.1) is 0 Å². The molecule has 5 heteroatoms. The summed E-state index contributed by atoms with van der Waals surface area (Å²) in [6.07, 6.45) is 1.47. The summed E-state index contributed by atoms with van der Waals surface area (Å²) in [6.45, 7) is 1.19. The Morgan fingerprint density at radius 2 is 2.31 bits per heavy atom. The molecule has 13 heavy (non-hydrogen) atoms. The van der Waals surface area contributed by atoms with Crippen LogP contribution in [0, 0.1) is 0 Å². The fourth-order valence-corrected chi connectivity index (χ4v) is 1.37. The highest BCUT2D eigenvalue weighted by atomic mass is 16.4. The molecule has 0 unspecified atom stereocenters. The molecule has 0 saturated carbocycles. The molecule has 1 aliphatic rings. The van der Waals surface area contributed by atoms with Crippen molar-refractivity contribution in [3.8, 4) is 0 Å². The zero-order valence-electron chi connectivity index (χ0n) is 7.69. The van der Waals surface area contributed by atoms with Crippen LogP contribution in [0.5, 0.6) is 0 Å². The van der Waals surface area contributed by atoms with Crippen molar-refractivity contribution in [1.29, 1.82) is 0 Å². The van der Waals surface area contributed by atoms with E-state index in [4.69, 9.17) is 5.11 Å². The first kappa shape index (κ1) is 9.98. The van der Waals surface area contributed by atoms with Gasteiger partial charge in [0.15, 0.2) is 0 Å². The third kappa shape index (κ3) is 2.69. The number of carboxylic acid groups (broad SMARTS) is 1. The van der Waals surface area contributed by atoms with E-state index in [0.29, 0.717) is 13.0 Å². The minimum absolute atomic E-state index is 0.0663. The van der Waals surface area contributed by atoms with E-state index in [1.165, 1.54) is 5.01 Å². The average molecular weight is 186 g/mol. The minimum atomic E-state index is -0.827. The van der Waals surface area contributed by atoms with Gasteiger partial charge >= 0.3 is 5.97 Å². The molecule has 0 aromatic heterocycles. The van der Waals surface area contributed by atoms with E-state index in [1.807, 2.05) is 0 Å². The lowest BCUT2D eigenvalue weighted by molar-refractivity contribution is -0.154. The number of hydrazine groups is 1. The van der Waals surface area contributed by atoms with Crippen molar-refractivity contribution in [1.82, 2.24) is 10.0 Å². The van der Waals surface area contributed by atoms with Gasteiger partial charge in [0.1, 0.15) is 0 Å². The molecule has 1 amide bonds. The predicted molar refractivity (Wildman–Crippen MR) is 45.8 cm³/mol. The molecular weight excluding hydrogens is 172 g/mol. The molecule has 0 radical (unpaired) electrons. The predicted octanol–water partition coefficient (Wildman–Crippen LogP) is -0.0697. The first-order valence-electron chi connectivity index (χ1n) is 4.34. The first-order valence-corrected chi connectivity index (χ1v) is 4.34. The topological polar surface area (TPSA) is 60.9 Å². The second-order valence-corrected chi connectivity index (χ2v) is 3.12. The number of aliphatic carboxylic acids is 1. The van der Waals surface area contributed by atoms with Crippen molar-refractivity contribution in [3.05, 3.63) is 0 Å². The van der Waals surface area contributed by atoms with Gasteiger partial charge in [0.2, 0.25) is 5.91 Å². The maximum absolute atomic E-state index is 11.2. The monoisotopic (exact) mass is 186 g/mol. The SMILES string of the molecule is CN1C(=O)CCCN1CCC(=O)O. The lowest BCUT2D eigenvalue weighted by atomic mass is 10.2. The van der Waals surface area contributed by atoms with Crippen molar-refractivity contribution in [2.75, 3.05) is 20.1 Å². The fourth-order valence-electron chi connectivity index (χ4n) is 1.37. The molecule has 1 N–H and O–H groups in total. The normalized spacial score (nSPS) is 19.2. The Kier molecular flexibility index (Phi) is 3.25. The van der Waals surface area contributed by atoms with Gasteiger partial charge in [0.05, 0.1) is 6.42 Å². The minimum Gasteiger partial charge on any atom is -0.481 e. The van der Waals surface area contributed by atoms with Crippen LogP contribution in [0.1, 0.15) is 19.3 Å². The van der Waals surface area contributed by atoms with E-state index in [-0.39, 0.29) is 12.3 Å². The summed E-state index contributed by atoms with van der Waals surface area (Å²) in [4.78, 5) is 21.5. The van der Waals surface area contributed by atoms with E-state index < -0.39 is 5.97 Å². The van der Waals surface area contributed by atoms with E-state index in [1.54, 1.807) is 12.1 Å². The van der Waals surface area contributed by atoms with Crippen molar-refractivity contribution in [2.24, 2.45) is 0 Å². The van der Waals surface area contributed by atoms with Gasteiger partial charge in [0.25, 0.3) is 0 Å². The fraction of sp³-hybridized carbons (Fsp3) is 0.750. The van der Waals surface area contributed by atoms with Crippen LogP contribution in [-0.2, 0) is 9.59 Å². The van der Waals surface area contributed by atoms with Gasteiger partial charge < -0.3 is 5.11 Å². The van der Waals surface area contributed by atoms with Crippen LogP contribution < -0.4 is 0 Å². The Balaban J connectivity index is 2.39.